The Morgan fingerprint density at radius 3 is 1.07 bits per heavy atom. The van der Waals surface area contributed by atoms with Gasteiger partial charge in [0.05, 0.1) is 22.1 Å². The van der Waals surface area contributed by atoms with Crippen LogP contribution in [0.25, 0.3) is 43.6 Å². The molecule has 0 aliphatic carbocycles. The minimum absolute atomic E-state index is 0.537. The Morgan fingerprint density at radius 1 is 0.351 bits per heavy atom. The van der Waals surface area contributed by atoms with Crippen molar-refractivity contribution in [3.63, 3.8) is 0 Å². The number of rotatable bonds is 5. The monoisotopic (exact) mass is 747 g/mol. The van der Waals surface area contributed by atoms with Gasteiger partial charge in [0, 0.05) is 21.5 Å². The van der Waals surface area contributed by atoms with Crippen LogP contribution in [0.5, 0.6) is 0 Å². The molecule has 8 aromatic carbocycles. The summed E-state index contributed by atoms with van der Waals surface area (Å²) in [4.78, 5) is 11.1. The van der Waals surface area contributed by atoms with Crippen LogP contribution in [-0.4, -0.2) is 29.1 Å². The summed E-state index contributed by atoms with van der Waals surface area (Å²) in [5.74, 6) is 1.46. The molecule has 0 amide bonds. The first-order chi connectivity index (χ1) is 28.3. The largest absolute Gasteiger partial charge is 0.295 e. The van der Waals surface area contributed by atoms with E-state index in [1.165, 1.54) is 42.3 Å². The van der Waals surface area contributed by atoms with Crippen LogP contribution < -0.4 is 26.1 Å². The molecule has 57 heavy (non-hydrogen) atoms. The lowest BCUT2D eigenvalue weighted by molar-refractivity contribution is 0.735. The van der Waals surface area contributed by atoms with Crippen LogP contribution in [0.4, 0.5) is 0 Å². The highest BCUT2D eigenvalue weighted by Crippen LogP contribution is 2.33. The molecular weight excluding hydrogens is 711 g/mol. The molecule has 5 nitrogen and oxygen atoms in total. The minimum Gasteiger partial charge on any atom is -0.295 e. The fourth-order valence-electron chi connectivity index (χ4n) is 9.10. The molecule has 1 N–H and O–H groups in total. The van der Waals surface area contributed by atoms with E-state index in [4.69, 9.17) is 9.98 Å². The van der Waals surface area contributed by atoms with Gasteiger partial charge < -0.3 is 0 Å². The van der Waals surface area contributed by atoms with Gasteiger partial charge in [-0.1, -0.05) is 188 Å². The molecule has 1 aliphatic heterocycles. The van der Waals surface area contributed by atoms with Gasteiger partial charge in [-0.25, -0.2) is 9.98 Å². The first-order valence-corrected chi connectivity index (χ1v) is 21.5. The van der Waals surface area contributed by atoms with E-state index < -0.39 is 14.2 Å². The zero-order valence-corrected chi connectivity index (χ0v) is 32.1. The summed E-state index contributed by atoms with van der Waals surface area (Å²) < 4.78 is 4.53. The molecule has 0 saturated heterocycles. The molecule has 2 aromatic heterocycles. The highest BCUT2D eigenvalue weighted by molar-refractivity contribution is 7.19. The summed E-state index contributed by atoms with van der Waals surface area (Å²) in [7, 11) is -2.80. The van der Waals surface area contributed by atoms with Crippen molar-refractivity contribution in [1.29, 1.82) is 0 Å². The van der Waals surface area contributed by atoms with Gasteiger partial charge in [0.15, 0.2) is 14.2 Å². The molecule has 0 saturated carbocycles. The van der Waals surface area contributed by atoms with Crippen LogP contribution in [-0.2, 0) is 0 Å². The topological polar surface area (TPSA) is 46.6 Å². The molecule has 3 heterocycles. The van der Waals surface area contributed by atoms with E-state index in [0.717, 1.165) is 39.5 Å². The smallest absolute Gasteiger partial charge is 0.212 e. The lowest BCUT2D eigenvalue weighted by Gasteiger charge is -2.35. The average Bonchev–Trinajstić information content (AvgIpc) is 3.81. The third-order valence-corrected chi connectivity index (χ3v) is 16.3. The van der Waals surface area contributed by atoms with E-state index in [9.17, 15) is 0 Å². The summed E-state index contributed by atoms with van der Waals surface area (Å²) in [6.45, 7) is 0. The maximum atomic E-state index is 5.54. The number of nitrogens with one attached hydrogen (secondary N) is 1. The quantitative estimate of drug-likeness (QED) is 0.139. The summed E-state index contributed by atoms with van der Waals surface area (Å²) in [5.41, 5.74) is 5.38. The molecule has 6 heteroatoms. The molecule has 0 unspecified atom stereocenters. The fourth-order valence-corrected chi connectivity index (χ4v) is 13.9. The Balaban J connectivity index is 1.18. The lowest BCUT2D eigenvalue weighted by Crippen LogP contribution is -2.74. The Labute approximate surface area is 331 Å². The molecular formula is C51H37N5Si. The van der Waals surface area contributed by atoms with Gasteiger partial charge >= 0.3 is 0 Å². The molecule has 270 valence electrons. The molecule has 0 bridgehead atoms. The van der Waals surface area contributed by atoms with E-state index in [2.05, 4.69) is 227 Å². The molecule has 0 spiro atoms. The Hall–Kier alpha value is -7.28. The predicted molar refractivity (Wildman–Crippen MR) is 240 cm³/mol. The van der Waals surface area contributed by atoms with Crippen molar-refractivity contribution in [2.75, 3.05) is 0 Å². The van der Waals surface area contributed by atoms with E-state index in [1.54, 1.807) is 0 Å². The average molecular weight is 748 g/mol. The fraction of sp³-hybridized carbons (Fsp3) is 0.0196. The number of benzene rings is 8. The Morgan fingerprint density at radius 2 is 0.684 bits per heavy atom. The van der Waals surface area contributed by atoms with Crippen molar-refractivity contribution in [3.05, 3.63) is 218 Å². The molecule has 10 aromatic rings. The van der Waals surface area contributed by atoms with E-state index >= 15 is 0 Å². The van der Waals surface area contributed by atoms with E-state index in [1.807, 2.05) is 0 Å². The highest BCUT2D eigenvalue weighted by Gasteiger charge is 2.41. The lowest BCUT2D eigenvalue weighted by atomic mass is 10.2. The zero-order chi connectivity index (χ0) is 37.8. The third-order valence-electron chi connectivity index (χ3n) is 11.5. The molecule has 1 aliphatic rings. The maximum Gasteiger partial charge on any atom is 0.212 e. The number of aliphatic imine (C=N–C) groups is 2. The predicted octanol–water partition coefficient (Wildman–Crippen LogP) is 8.69. The van der Waals surface area contributed by atoms with Crippen molar-refractivity contribution in [2.24, 2.45) is 9.98 Å². The van der Waals surface area contributed by atoms with Gasteiger partial charge in [-0.3, -0.25) is 14.5 Å². The minimum atomic E-state index is -2.80. The number of fused-ring (bicyclic) bond motifs is 6. The van der Waals surface area contributed by atoms with Gasteiger partial charge in [-0.05, 0) is 50.6 Å². The van der Waals surface area contributed by atoms with Gasteiger partial charge in [0.1, 0.15) is 0 Å². The number of aromatic nitrogens is 2. The second-order valence-electron chi connectivity index (χ2n) is 14.6. The SMILES string of the molecule is c1ccc([Si](c2ccccc2)(c2ccccc2)c2cccc(C3N=C(n4c5ccccc5c5ccccc54)NC(n4c5ccccc5c5ccccc54)=N3)c2)cc1. The van der Waals surface area contributed by atoms with E-state index in [0.29, 0.717) is 0 Å². The second-order valence-corrected chi connectivity index (χ2v) is 18.4. The molecule has 11 rings (SSSR count). The number of hydrogen-bond acceptors (Lipinski definition) is 3. The summed E-state index contributed by atoms with van der Waals surface area (Å²) in [6.07, 6.45) is -0.537. The van der Waals surface area contributed by atoms with Crippen molar-refractivity contribution >= 4 is 84.4 Å². The highest BCUT2D eigenvalue weighted by atomic mass is 28.3. The normalized spacial score (nSPS) is 13.5. The standard InChI is InChI=1S/C51H37N5Si/c1-4-20-37(21-5-1)57(38-22-6-2-7-23-38,39-24-8-3-9-25-39)40-26-18-19-36(35-40)49-52-50(55-45-31-14-10-27-41(45)42-28-11-15-32-46(42)55)54-51(53-49)56-47-33-16-12-29-43(47)44-30-13-17-34-48(44)56/h1-35,49H,(H,52,53,54). The van der Waals surface area contributed by atoms with Gasteiger partial charge in [-0.2, -0.15) is 0 Å². The van der Waals surface area contributed by atoms with Crippen LogP contribution in [0.15, 0.2) is 222 Å². The maximum absolute atomic E-state index is 5.54. The first kappa shape index (κ1) is 33.1. The molecule has 0 atom stereocenters. The van der Waals surface area contributed by atoms with E-state index in [-0.39, 0.29) is 0 Å². The van der Waals surface area contributed by atoms with Crippen LogP contribution in [0, 0.1) is 0 Å². The summed E-state index contributed by atoms with van der Waals surface area (Å²) in [5, 5.41) is 13.8. The summed E-state index contributed by atoms with van der Waals surface area (Å²) in [6, 6.07) is 76.6. The van der Waals surface area contributed by atoms with Crippen molar-refractivity contribution in [2.45, 2.75) is 6.17 Å². The van der Waals surface area contributed by atoms with Crippen molar-refractivity contribution in [1.82, 2.24) is 14.5 Å². The summed E-state index contributed by atoms with van der Waals surface area (Å²) >= 11 is 0. The van der Waals surface area contributed by atoms with Crippen LogP contribution in [0.3, 0.4) is 0 Å². The first-order valence-electron chi connectivity index (χ1n) is 19.5. The Kier molecular flexibility index (Phi) is 7.82. The van der Waals surface area contributed by atoms with Crippen LogP contribution >= 0.6 is 0 Å². The van der Waals surface area contributed by atoms with Gasteiger partial charge in [0.2, 0.25) is 11.9 Å². The van der Waals surface area contributed by atoms with Crippen LogP contribution in [0.2, 0.25) is 0 Å². The van der Waals surface area contributed by atoms with Gasteiger partial charge in [0.25, 0.3) is 0 Å². The van der Waals surface area contributed by atoms with Gasteiger partial charge in [-0.15, -0.1) is 0 Å². The van der Waals surface area contributed by atoms with Crippen LogP contribution in [0.1, 0.15) is 11.7 Å². The second kappa shape index (κ2) is 13.5. The number of nitrogens with zero attached hydrogens (tertiary/aromatic N) is 4. The number of para-hydroxylation sites is 4. The zero-order valence-electron chi connectivity index (χ0n) is 31.1. The van der Waals surface area contributed by atoms with Crippen molar-refractivity contribution < 1.29 is 0 Å². The molecule has 0 radical (unpaired) electrons. The molecule has 0 fully saturated rings. The number of hydrogen-bond donors (Lipinski definition) is 1. The van der Waals surface area contributed by atoms with Crippen molar-refractivity contribution in [3.8, 4) is 0 Å². The third kappa shape index (κ3) is 5.22. The Bertz CT molecular complexity index is 2830.